The highest BCUT2D eigenvalue weighted by atomic mass is 35.5. The van der Waals surface area contributed by atoms with Crippen molar-refractivity contribution in [2.24, 2.45) is 0 Å². The highest BCUT2D eigenvalue weighted by Gasteiger charge is 2.13. The monoisotopic (exact) mass is 303 g/mol. The van der Waals surface area contributed by atoms with Crippen molar-refractivity contribution in [1.29, 1.82) is 0 Å². The van der Waals surface area contributed by atoms with Crippen LogP contribution in [0.5, 0.6) is 11.5 Å². The first-order valence-corrected chi connectivity index (χ1v) is 6.75. The number of halogens is 2. The van der Waals surface area contributed by atoms with Crippen LogP contribution >= 0.6 is 23.2 Å². The quantitative estimate of drug-likeness (QED) is 0.826. The number of rotatable bonds is 7. The van der Waals surface area contributed by atoms with E-state index in [1.54, 1.807) is 13.2 Å². The smallest absolute Gasteiger partial charge is 0.166 e. The van der Waals surface area contributed by atoms with Crippen LogP contribution in [0.25, 0.3) is 0 Å². The van der Waals surface area contributed by atoms with Crippen LogP contribution in [0.2, 0.25) is 5.02 Å². The molecule has 1 aromatic carbocycles. The Hall–Kier alpha value is -0.900. The van der Waals surface area contributed by atoms with Gasteiger partial charge in [0.05, 0.1) is 7.11 Å². The highest BCUT2D eigenvalue weighted by molar-refractivity contribution is 6.31. The Morgan fingerprint density at radius 2 is 2.11 bits per heavy atom. The van der Waals surface area contributed by atoms with Crippen molar-refractivity contribution < 1.29 is 9.47 Å². The van der Waals surface area contributed by atoms with E-state index in [0.29, 0.717) is 34.1 Å². The topological polar surface area (TPSA) is 30.5 Å². The maximum atomic E-state index is 6.07. The van der Waals surface area contributed by atoms with Crippen LogP contribution in [0.4, 0.5) is 0 Å². The lowest BCUT2D eigenvalue weighted by molar-refractivity contribution is 0.319. The summed E-state index contributed by atoms with van der Waals surface area (Å²) in [4.78, 5) is 0. The summed E-state index contributed by atoms with van der Waals surface area (Å²) in [5.41, 5.74) is 0.927. The van der Waals surface area contributed by atoms with Crippen molar-refractivity contribution >= 4 is 23.2 Å². The van der Waals surface area contributed by atoms with Crippen LogP contribution in [0.1, 0.15) is 19.4 Å². The van der Waals surface area contributed by atoms with E-state index in [4.69, 9.17) is 32.7 Å². The Labute approximate surface area is 124 Å². The van der Waals surface area contributed by atoms with E-state index >= 15 is 0 Å². The molecule has 0 spiro atoms. The van der Waals surface area contributed by atoms with Gasteiger partial charge in [0, 0.05) is 34.3 Å². The molecule has 0 aromatic heterocycles. The van der Waals surface area contributed by atoms with Crippen molar-refractivity contribution in [2.45, 2.75) is 26.4 Å². The summed E-state index contributed by atoms with van der Waals surface area (Å²) in [6, 6.07) is 3.93. The molecular formula is C14H19Cl2NO2. The SMILES string of the molecule is C=C(Cl)COc1c(CNC(C)C)cc(Cl)cc1OC. The van der Waals surface area contributed by atoms with Crippen LogP contribution in [-0.2, 0) is 6.54 Å². The zero-order valence-electron chi connectivity index (χ0n) is 11.4. The molecule has 3 nitrogen and oxygen atoms in total. The second-order valence-electron chi connectivity index (χ2n) is 4.44. The molecule has 1 rings (SSSR count). The molecule has 0 fully saturated rings. The average Bonchev–Trinajstić information content (AvgIpc) is 2.33. The molecular weight excluding hydrogens is 285 g/mol. The molecule has 0 aliphatic carbocycles. The van der Waals surface area contributed by atoms with Gasteiger partial charge in [-0.05, 0) is 6.07 Å². The van der Waals surface area contributed by atoms with Crippen molar-refractivity contribution in [3.8, 4) is 11.5 Å². The molecule has 0 unspecified atom stereocenters. The van der Waals surface area contributed by atoms with E-state index in [1.807, 2.05) is 6.07 Å². The highest BCUT2D eigenvalue weighted by Crippen LogP contribution is 2.35. The molecule has 0 atom stereocenters. The predicted molar refractivity (Wildman–Crippen MR) is 80.5 cm³/mol. The first-order chi connectivity index (χ1) is 8.93. The Balaban J connectivity index is 3.02. The zero-order valence-corrected chi connectivity index (χ0v) is 12.9. The van der Waals surface area contributed by atoms with Crippen molar-refractivity contribution in [3.05, 3.63) is 34.3 Å². The van der Waals surface area contributed by atoms with Gasteiger partial charge in [0.1, 0.15) is 6.61 Å². The maximum Gasteiger partial charge on any atom is 0.166 e. The van der Waals surface area contributed by atoms with Crippen LogP contribution < -0.4 is 14.8 Å². The number of hydrogen-bond donors (Lipinski definition) is 1. The van der Waals surface area contributed by atoms with E-state index in [2.05, 4.69) is 25.7 Å². The van der Waals surface area contributed by atoms with E-state index < -0.39 is 0 Å². The molecule has 0 saturated heterocycles. The van der Waals surface area contributed by atoms with Crippen LogP contribution in [0.3, 0.4) is 0 Å². The molecule has 0 amide bonds. The number of nitrogens with one attached hydrogen (secondary N) is 1. The average molecular weight is 304 g/mol. The lowest BCUT2D eigenvalue weighted by Gasteiger charge is -2.17. The predicted octanol–water partition coefficient (Wildman–Crippen LogP) is 3.98. The van der Waals surface area contributed by atoms with E-state index in [0.717, 1.165) is 5.56 Å². The van der Waals surface area contributed by atoms with Crippen molar-refractivity contribution in [3.63, 3.8) is 0 Å². The summed E-state index contributed by atoms with van der Waals surface area (Å²) >= 11 is 11.8. The van der Waals surface area contributed by atoms with Crippen molar-refractivity contribution in [1.82, 2.24) is 5.32 Å². The molecule has 1 aromatic rings. The Bertz CT molecular complexity index is 447. The molecule has 19 heavy (non-hydrogen) atoms. The van der Waals surface area contributed by atoms with Gasteiger partial charge in [0.15, 0.2) is 11.5 Å². The van der Waals surface area contributed by atoms with Gasteiger partial charge in [-0.25, -0.2) is 0 Å². The Kier molecular flexibility index (Phi) is 6.49. The summed E-state index contributed by atoms with van der Waals surface area (Å²) in [6.45, 7) is 8.62. The molecule has 1 N–H and O–H groups in total. The maximum absolute atomic E-state index is 6.07. The fraction of sp³-hybridized carbons (Fsp3) is 0.429. The fourth-order valence-electron chi connectivity index (χ4n) is 1.53. The van der Waals surface area contributed by atoms with Gasteiger partial charge in [-0.15, -0.1) is 0 Å². The third kappa shape index (κ3) is 5.31. The summed E-state index contributed by atoms with van der Waals surface area (Å²) in [5.74, 6) is 1.23. The molecule has 0 heterocycles. The zero-order chi connectivity index (χ0) is 14.4. The fourth-order valence-corrected chi connectivity index (χ4v) is 1.82. The van der Waals surface area contributed by atoms with Gasteiger partial charge in [-0.3, -0.25) is 0 Å². The summed E-state index contributed by atoms with van der Waals surface area (Å²) in [6.07, 6.45) is 0. The lowest BCUT2D eigenvalue weighted by atomic mass is 10.1. The van der Waals surface area contributed by atoms with Gasteiger partial charge in [0.25, 0.3) is 0 Å². The third-order valence-corrected chi connectivity index (χ3v) is 2.72. The van der Waals surface area contributed by atoms with E-state index in [1.165, 1.54) is 0 Å². The number of hydrogen-bond acceptors (Lipinski definition) is 3. The molecule has 106 valence electrons. The van der Waals surface area contributed by atoms with Crippen LogP contribution in [0, 0.1) is 0 Å². The van der Waals surface area contributed by atoms with Gasteiger partial charge in [-0.2, -0.15) is 0 Å². The molecule has 5 heteroatoms. The van der Waals surface area contributed by atoms with Crippen LogP contribution in [-0.4, -0.2) is 19.8 Å². The number of methoxy groups -OCH3 is 1. The van der Waals surface area contributed by atoms with Gasteiger partial charge >= 0.3 is 0 Å². The molecule has 0 saturated carbocycles. The minimum atomic E-state index is 0.230. The lowest BCUT2D eigenvalue weighted by Crippen LogP contribution is -2.22. The molecule has 0 aliphatic rings. The third-order valence-electron chi connectivity index (χ3n) is 2.39. The van der Waals surface area contributed by atoms with Gasteiger partial charge in [-0.1, -0.05) is 43.6 Å². The number of benzene rings is 1. The molecule has 0 radical (unpaired) electrons. The Morgan fingerprint density at radius 1 is 1.42 bits per heavy atom. The summed E-state index contributed by atoms with van der Waals surface area (Å²) in [5, 5.41) is 4.36. The summed E-state index contributed by atoms with van der Waals surface area (Å²) in [7, 11) is 1.58. The standard InChI is InChI=1S/C14H19Cl2NO2/c1-9(2)17-7-11-5-12(16)6-13(18-4)14(11)19-8-10(3)15/h5-6,9,17H,3,7-8H2,1-2,4H3. The first-order valence-electron chi connectivity index (χ1n) is 6.00. The van der Waals surface area contributed by atoms with Crippen molar-refractivity contribution in [2.75, 3.05) is 13.7 Å². The first kappa shape index (κ1) is 16.2. The Morgan fingerprint density at radius 3 is 2.63 bits per heavy atom. The minimum absolute atomic E-state index is 0.230. The van der Waals surface area contributed by atoms with Gasteiger partial charge in [0.2, 0.25) is 0 Å². The molecule has 0 aliphatic heterocycles. The second kappa shape index (κ2) is 7.63. The minimum Gasteiger partial charge on any atom is -0.493 e. The van der Waals surface area contributed by atoms with Gasteiger partial charge < -0.3 is 14.8 Å². The normalized spacial score (nSPS) is 10.6. The summed E-state index contributed by atoms with van der Waals surface area (Å²) < 4.78 is 10.9. The second-order valence-corrected chi connectivity index (χ2v) is 5.41. The van der Waals surface area contributed by atoms with Crippen LogP contribution in [0.15, 0.2) is 23.7 Å². The molecule has 0 bridgehead atoms. The van der Waals surface area contributed by atoms with E-state index in [9.17, 15) is 0 Å². The van der Waals surface area contributed by atoms with E-state index in [-0.39, 0.29) is 6.61 Å². The largest absolute Gasteiger partial charge is 0.493 e. The number of ether oxygens (including phenoxy) is 2.